The molecular formula is C28H39N3O4S. The first kappa shape index (κ1) is 27.7. The van der Waals surface area contributed by atoms with Crippen LogP contribution in [0.5, 0.6) is 0 Å². The van der Waals surface area contributed by atoms with Gasteiger partial charge in [-0.1, -0.05) is 66.8 Å². The Kier molecular flexibility index (Phi) is 9.17. The van der Waals surface area contributed by atoms with Crippen molar-refractivity contribution in [2.45, 2.75) is 78.4 Å². The monoisotopic (exact) mass is 513 g/mol. The summed E-state index contributed by atoms with van der Waals surface area (Å²) in [5, 5.41) is 3.12. The number of benzene rings is 2. The highest BCUT2D eigenvalue weighted by atomic mass is 32.2. The van der Waals surface area contributed by atoms with E-state index in [4.69, 9.17) is 0 Å². The lowest BCUT2D eigenvalue weighted by atomic mass is 9.95. The highest BCUT2D eigenvalue weighted by Gasteiger charge is 2.31. The molecule has 8 heteroatoms. The van der Waals surface area contributed by atoms with Crippen molar-refractivity contribution in [3.63, 3.8) is 0 Å². The number of hydrogen-bond acceptors (Lipinski definition) is 4. The van der Waals surface area contributed by atoms with Crippen LogP contribution in [0.1, 0.15) is 61.3 Å². The van der Waals surface area contributed by atoms with E-state index in [-0.39, 0.29) is 25.0 Å². The zero-order valence-corrected chi connectivity index (χ0v) is 22.9. The van der Waals surface area contributed by atoms with Gasteiger partial charge >= 0.3 is 0 Å². The summed E-state index contributed by atoms with van der Waals surface area (Å²) in [4.78, 5) is 28.4. The topological polar surface area (TPSA) is 86.8 Å². The van der Waals surface area contributed by atoms with E-state index in [1.165, 1.54) is 11.3 Å². The van der Waals surface area contributed by atoms with E-state index in [0.717, 1.165) is 58.5 Å². The highest BCUT2D eigenvalue weighted by molar-refractivity contribution is 7.92. The maximum absolute atomic E-state index is 13.7. The fourth-order valence-electron chi connectivity index (χ4n) is 4.84. The standard InChI is InChI=1S/C28H39N3O4S/c1-20-10-9-11-24(17-20)18-30(23(4)28(33)29-25-12-7-6-8-13-25)27(32)19-31(36(5,34)35)26-15-14-21(2)16-22(26)3/h9-11,14-17,23,25H,6-8,12-13,18-19H2,1-5H3,(H,29,33). The molecule has 2 aromatic carbocycles. The van der Waals surface area contributed by atoms with E-state index < -0.39 is 22.0 Å². The van der Waals surface area contributed by atoms with Crippen LogP contribution in [0.25, 0.3) is 0 Å². The molecule has 3 rings (SSSR count). The molecule has 7 nitrogen and oxygen atoms in total. The summed E-state index contributed by atoms with van der Waals surface area (Å²) in [6, 6.07) is 12.6. The third kappa shape index (κ3) is 7.32. The third-order valence-corrected chi connectivity index (χ3v) is 7.98. The third-order valence-electron chi connectivity index (χ3n) is 6.85. The van der Waals surface area contributed by atoms with E-state index in [0.29, 0.717) is 5.69 Å². The van der Waals surface area contributed by atoms with Crippen LogP contribution in [0.4, 0.5) is 5.69 Å². The summed E-state index contributed by atoms with van der Waals surface area (Å²) < 4.78 is 26.7. The van der Waals surface area contributed by atoms with E-state index in [1.54, 1.807) is 13.0 Å². The molecule has 0 heterocycles. The number of hydrogen-bond donors (Lipinski definition) is 1. The average Bonchev–Trinajstić information content (AvgIpc) is 2.81. The summed E-state index contributed by atoms with van der Waals surface area (Å²) in [6.45, 7) is 7.28. The Labute approximate surface area is 215 Å². The lowest BCUT2D eigenvalue weighted by Crippen LogP contribution is -2.53. The van der Waals surface area contributed by atoms with Gasteiger partial charge in [0.1, 0.15) is 12.6 Å². The molecule has 1 aliphatic rings. The maximum atomic E-state index is 13.7. The number of sulfonamides is 1. The van der Waals surface area contributed by atoms with Gasteiger partial charge in [-0.05, 0) is 57.7 Å². The van der Waals surface area contributed by atoms with E-state index in [1.807, 2.05) is 57.2 Å². The van der Waals surface area contributed by atoms with Crippen LogP contribution in [-0.2, 0) is 26.2 Å². The molecule has 1 atom stereocenters. The number of aryl methyl sites for hydroxylation is 3. The Morgan fingerprint density at radius 1 is 1.00 bits per heavy atom. The highest BCUT2D eigenvalue weighted by Crippen LogP contribution is 2.24. The lowest BCUT2D eigenvalue weighted by molar-refractivity contribution is -0.139. The quantitative estimate of drug-likeness (QED) is 0.543. The number of rotatable bonds is 9. The number of anilines is 1. The molecule has 2 aromatic rings. The number of amides is 2. The molecule has 1 aliphatic carbocycles. The first-order chi connectivity index (χ1) is 17.0. The molecule has 0 bridgehead atoms. The minimum atomic E-state index is -3.74. The van der Waals surface area contributed by atoms with E-state index in [9.17, 15) is 18.0 Å². The SMILES string of the molecule is Cc1cccc(CN(C(=O)CN(c2ccc(C)cc2C)S(C)(=O)=O)C(C)C(=O)NC2CCCCC2)c1. The van der Waals surface area contributed by atoms with Crippen molar-refractivity contribution in [1.82, 2.24) is 10.2 Å². The molecule has 0 aliphatic heterocycles. The summed E-state index contributed by atoms with van der Waals surface area (Å²) in [5.41, 5.74) is 4.17. The zero-order valence-electron chi connectivity index (χ0n) is 22.1. The summed E-state index contributed by atoms with van der Waals surface area (Å²) in [5.74, 6) is -0.631. The van der Waals surface area contributed by atoms with Gasteiger partial charge in [0.05, 0.1) is 11.9 Å². The van der Waals surface area contributed by atoms with Gasteiger partial charge in [0.2, 0.25) is 21.8 Å². The largest absolute Gasteiger partial charge is 0.352 e. The lowest BCUT2D eigenvalue weighted by Gasteiger charge is -2.33. The van der Waals surface area contributed by atoms with Crippen molar-refractivity contribution < 1.29 is 18.0 Å². The van der Waals surface area contributed by atoms with Crippen LogP contribution in [-0.4, -0.2) is 50.0 Å². The number of carbonyl (C=O) groups is 2. The summed E-state index contributed by atoms with van der Waals surface area (Å²) >= 11 is 0. The van der Waals surface area contributed by atoms with Crippen LogP contribution < -0.4 is 9.62 Å². The zero-order chi connectivity index (χ0) is 26.5. The van der Waals surface area contributed by atoms with E-state index >= 15 is 0 Å². The van der Waals surface area contributed by atoms with Gasteiger partial charge in [-0.15, -0.1) is 0 Å². The second-order valence-electron chi connectivity index (χ2n) is 10.1. The molecule has 1 unspecified atom stereocenters. The smallest absolute Gasteiger partial charge is 0.244 e. The maximum Gasteiger partial charge on any atom is 0.244 e. The van der Waals surface area contributed by atoms with Gasteiger partial charge in [0.25, 0.3) is 0 Å². The molecule has 36 heavy (non-hydrogen) atoms. The number of nitrogens with zero attached hydrogens (tertiary/aromatic N) is 2. The molecule has 0 saturated heterocycles. The number of nitrogens with one attached hydrogen (secondary N) is 1. The molecule has 0 aromatic heterocycles. The Hall–Kier alpha value is -2.87. The van der Waals surface area contributed by atoms with Gasteiger partial charge in [-0.3, -0.25) is 13.9 Å². The second kappa shape index (κ2) is 11.9. The first-order valence-electron chi connectivity index (χ1n) is 12.7. The normalized spacial score (nSPS) is 15.2. The van der Waals surface area contributed by atoms with Crippen molar-refractivity contribution in [2.24, 2.45) is 0 Å². The fourth-order valence-corrected chi connectivity index (χ4v) is 5.75. The van der Waals surface area contributed by atoms with Crippen LogP contribution in [0.3, 0.4) is 0 Å². The molecule has 0 radical (unpaired) electrons. The first-order valence-corrected chi connectivity index (χ1v) is 14.5. The summed E-state index contributed by atoms with van der Waals surface area (Å²) in [7, 11) is -3.74. The van der Waals surface area contributed by atoms with Crippen molar-refractivity contribution in [3.8, 4) is 0 Å². The van der Waals surface area contributed by atoms with Gasteiger partial charge in [0, 0.05) is 12.6 Å². The van der Waals surface area contributed by atoms with Crippen molar-refractivity contribution >= 4 is 27.5 Å². The Balaban J connectivity index is 1.89. The van der Waals surface area contributed by atoms with Crippen LogP contribution in [0.15, 0.2) is 42.5 Å². The Morgan fingerprint density at radius 2 is 1.67 bits per heavy atom. The van der Waals surface area contributed by atoms with Crippen LogP contribution in [0.2, 0.25) is 0 Å². The molecule has 196 valence electrons. The minimum absolute atomic E-state index is 0.118. The Morgan fingerprint density at radius 3 is 2.28 bits per heavy atom. The van der Waals surface area contributed by atoms with Gasteiger partial charge < -0.3 is 10.2 Å². The van der Waals surface area contributed by atoms with E-state index in [2.05, 4.69) is 5.32 Å². The molecular weight excluding hydrogens is 474 g/mol. The van der Waals surface area contributed by atoms with Crippen molar-refractivity contribution in [3.05, 3.63) is 64.7 Å². The number of carbonyl (C=O) groups excluding carboxylic acids is 2. The van der Waals surface area contributed by atoms with Gasteiger partial charge in [0.15, 0.2) is 0 Å². The summed E-state index contributed by atoms with van der Waals surface area (Å²) in [6.07, 6.45) is 6.34. The van der Waals surface area contributed by atoms with Gasteiger partial charge in [-0.25, -0.2) is 8.42 Å². The predicted molar refractivity (Wildman–Crippen MR) is 144 cm³/mol. The second-order valence-corrected chi connectivity index (χ2v) is 12.0. The molecule has 0 spiro atoms. The average molecular weight is 514 g/mol. The van der Waals surface area contributed by atoms with Crippen molar-refractivity contribution in [1.29, 1.82) is 0 Å². The van der Waals surface area contributed by atoms with Crippen LogP contribution >= 0.6 is 0 Å². The Bertz CT molecular complexity index is 1190. The van der Waals surface area contributed by atoms with Crippen molar-refractivity contribution in [2.75, 3.05) is 17.1 Å². The van der Waals surface area contributed by atoms with Gasteiger partial charge in [-0.2, -0.15) is 0 Å². The predicted octanol–water partition coefficient (Wildman–Crippen LogP) is 4.24. The molecule has 1 fully saturated rings. The molecule has 2 amide bonds. The minimum Gasteiger partial charge on any atom is -0.352 e. The van der Waals surface area contributed by atoms with Crippen LogP contribution in [0, 0.1) is 20.8 Å². The molecule has 1 N–H and O–H groups in total. The fraction of sp³-hybridized carbons (Fsp3) is 0.500. The molecule has 1 saturated carbocycles.